The largest absolute Gasteiger partial charge is 0.351 e. The molecule has 0 atom stereocenters. The third-order valence-corrected chi connectivity index (χ3v) is 5.43. The molecule has 2 aromatic carbocycles. The van der Waals surface area contributed by atoms with Gasteiger partial charge in [-0.25, -0.2) is 0 Å². The average molecular weight is 421 g/mol. The first-order chi connectivity index (χ1) is 13.1. The van der Waals surface area contributed by atoms with Gasteiger partial charge in [0.15, 0.2) is 11.0 Å². The Hall–Kier alpha value is -2.02. The molecule has 1 heterocycles. The number of hydrogen-bond donors (Lipinski definition) is 1. The van der Waals surface area contributed by atoms with E-state index in [0.717, 1.165) is 11.1 Å². The number of rotatable bonds is 7. The number of nitrogens with one attached hydrogen (secondary N) is 1. The first kappa shape index (κ1) is 19.7. The van der Waals surface area contributed by atoms with Crippen molar-refractivity contribution in [1.82, 2.24) is 20.1 Å². The Bertz CT molecular complexity index is 928. The van der Waals surface area contributed by atoms with Crippen molar-refractivity contribution in [3.8, 4) is 11.4 Å². The van der Waals surface area contributed by atoms with Crippen molar-refractivity contribution >= 4 is 40.9 Å². The molecule has 0 fully saturated rings. The molecule has 27 heavy (non-hydrogen) atoms. The van der Waals surface area contributed by atoms with Crippen LogP contribution in [0, 0.1) is 0 Å². The van der Waals surface area contributed by atoms with Gasteiger partial charge in [0.25, 0.3) is 0 Å². The second-order valence-electron chi connectivity index (χ2n) is 5.72. The third-order valence-electron chi connectivity index (χ3n) is 3.88. The number of carbonyl (C=O) groups excluding carboxylic acids is 1. The van der Waals surface area contributed by atoms with Crippen LogP contribution in [-0.4, -0.2) is 26.4 Å². The van der Waals surface area contributed by atoms with Crippen LogP contribution in [0.15, 0.2) is 53.7 Å². The van der Waals surface area contributed by atoms with E-state index in [-0.39, 0.29) is 11.7 Å². The van der Waals surface area contributed by atoms with E-state index >= 15 is 0 Å². The van der Waals surface area contributed by atoms with Gasteiger partial charge in [-0.2, -0.15) is 0 Å². The molecule has 1 amide bonds. The molecule has 3 rings (SSSR count). The lowest BCUT2D eigenvalue weighted by atomic mass is 10.2. The molecular weight excluding hydrogens is 403 g/mol. The predicted octanol–water partition coefficient (Wildman–Crippen LogP) is 4.68. The average Bonchev–Trinajstić information content (AvgIpc) is 3.09. The Kier molecular flexibility index (Phi) is 6.77. The minimum Gasteiger partial charge on any atom is -0.351 e. The van der Waals surface area contributed by atoms with E-state index in [2.05, 4.69) is 15.5 Å². The molecule has 140 valence electrons. The van der Waals surface area contributed by atoms with Crippen LogP contribution in [-0.2, 0) is 17.9 Å². The van der Waals surface area contributed by atoms with Crippen molar-refractivity contribution < 1.29 is 4.79 Å². The molecule has 0 aliphatic rings. The summed E-state index contributed by atoms with van der Waals surface area (Å²) in [5, 5.41) is 13.4. The number of halogens is 2. The van der Waals surface area contributed by atoms with Crippen LogP contribution in [0.25, 0.3) is 11.4 Å². The maximum absolute atomic E-state index is 12.2. The number of benzene rings is 2. The predicted molar refractivity (Wildman–Crippen MR) is 110 cm³/mol. The summed E-state index contributed by atoms with van der Waals surface area (Å²) in [5.74, 6) is 0.890. The zero-order chi connectivity index (χ0) is 19.2. The highest BCUT2D eigenvalue weighted by molar-refractivity contribution is 7.99. The zero-order valence-corrected chi connectivity index (χ0v) is 17.0. The minimum absolute atomic E-state index is 0.0695. The molecule has 0 spiro atoms. The van der Waals surface area contributed by atoms with Crippen molar-refractivity contribution in [2.24, 2.45) is 0 Å². The standard InChI is InChI=1S/C19H18Cl2N4OS/c1-2-25-18(15-5-3-4-6-16(15)21)23-24-19(25)27-12-17(26)22-11-13-7-9-14(20)10-8-13/h3-10H,2,11-12H2,1H3,(H,22,26). The Labute approximate surface area is 172 Å². The lowest BCUT2D eigenvalue weighted by Crippen LogP contribution is -2.24. The molecule has 8 heteroatoms. The summed E-state index contributed by atoms with van der Waals surface area (Å²) in [4.78, 5) is 12.2. The van der Waals surface area contributed by atoms with E-state index in [1.807, 2.05) is 47.9 Å². The summed E-state index contributed by atoms with van der Waals surface area (Å²) in [7, 11) is 0. The molecule has 0 saturated heterocycles. The Morgan fingerprint density at radius 3 is 2.56 bits per heavy atom. The van der Waals surface area contributed by atoms with E-state index in [0.29, 0.717) is 34.1 Å². The number of hydrogen-bond acceptors (Lipinski definition) is 4. The Balaban J connectivity index is 1.62. The Morgan fingerprint density at radius 2 is 1.85 bits per heavy atom. The second kappa shape index (κ2) is 9.26. The topological polar surface area (TPSA) is 59.8 Å². The van der Waals surface area contributed by atoms with Gasteiger partial charge in [-0.05, 0) is 36.8 Å². The molecule has 1 N–H and O–H groups in total. The molecule has 0 saturated carbocycles. The van der Waals surface area contributed by atoms with Crippen LogP contribution in [0.5, 0.6) is 0 Å². The van der Waals surface area contributed by atoms with Gasteiger partial charge in [0.05, 0.1) is 10.8 Å². The van der Waals surface area contributed by atoms with Gasteiger partial charge in [-0.3, -0.25) is 4.79 Å². The minimum atomic E-state index is -0.0695. The van der Waals surface area contributed by atoms with Crippen LogP contribution < -0.4 is 5.32 Å². The molecule has 0 bridgehead atoms. The van der Waals surface area contributed by atoms with Crippen LogP contribution in [0.3, 0.4) is 0 Å². The highest BCUT2D eigenvalue weighted by Crippen LogP contribution is 2.29. The summed E-state index contributed by atoms with van der Waals surface area (Å²) in [6, 6.07) is 14.9. The summed E-state index contributed by atoms with van der Waals surface area (Å²) in [6.45, 7) is 3.15. The van der Waals surface area contributed by atoms with Crippen molar-refractivity contribution in [1.29, 1.82) is 0 Å². The van der Waals surface area contributed by atoms with Crippen molar-refractivity contribution in [3.63, 3.8) is 0 Å². The van der Waals surface area contributed by atoms with Gasteiger partial charge in [-0.1, -0.05) is 59.2 Å². The normalized spacial score (nSPS) is 10.8. The molecule has 0 aliphatic heterocycles. The Morgan fingerprint density at radius 1 is 1.11 bits per heavy atom. The van der Waals surface area contributed by atoms with E-state index < -0.39 is 0 Å². The highest BCUT2D eigenvalue weighted by atomic mass is 35.5. The highest BCUT2D eigenvalue weighted by Gasteiger charge is 2.16. The summed E-state index contributed by atoms with van der Waals surface area (Å²) in [6.07, 6.45) is 0. The SMILES string of the molecule is CCn1c(SCC(=O)NCc2ccc(Cl)cc2)nnc1-c1ccccc1Cl. The van der Waals surface area contributed by atoms with Crippen LogP contribution in [0.4, 0.5) is 0 Å². The zero-order valence-electron chi connectivity index (χ0n) is 14.7. The van der Waals surface area contributed by atoms with Gasteiger partial charge < -0.3 is 9.88 Å². The smallest absolute Gasteiger partial charge is 0.230 e. The maximum Gasteiger partial charge on any atom is 0.230 e. The van der Waals surface area contributed by atoms with Crippen LogP contribution in [0.2, 0.25) is 10.0 Å². The molecule has 0 aliphatic carbocycles. The molecule has 0 radical (unpaired) electrons. The maximum atomic E-state index is 12.2. The number of amides is 1. The fourth-order valence-corrected chi connectivity index (χ4v) is 3.68. The summed E-state index contributed by atoms with van der Waals surface area (Å²) >= 11 is 13.5. The number of thioether (sulfide) groups is 1. The van der Waals surface area contributed by atoms with Crippen LogP contribution >= 0.6 is 35.0 Å². The van der Waals surface area contributed by atoms with Gasteiger partial charge in [0, 0.05) is 23.7 Å². The third kappa shape index (κ3) is 5.03. The number of carbonyl (C=O) groups is 1. The van der Waals surface area contributed by atoms with Gasteiger partial charge in [0.1, 0.15) is 0 Å². The fraction of sp³-hybridized carbons (Fsp3) is 0.211. The summed E-state index contributed by atoms with van der Waals surface area (Å²) < 4.78 is 1.96. The fourth-order valence-electron chi connectivity index (χ4n) is 2.51. The number of aromatic nitrogens is 3. The first-order valence-electron chi connectivity index (χ1n) is 8.40. The van der Waals surface area contributed by atoms with Gasteiger partial charge >= 0.3 is 0 Å². The molecule has 5 nitrogen and oxygen atoms in total. The van der Waals surface area contributed by atoms with E-state index in [1.165, 1.54) is 11.8 Å². The first-order valence-corrected chi connectivity index (χ1v) is 10.1. The molecule has 0 unspecified atom stereocenters. The van der Waals surface area contributed by atoms with Crippen LogP contribution in [0.1, 0.15) is 12.5 Å². The lowest BCUT2D eigenvalue weighted by Gasteiger charge is -2.09. The van der Waals surface area contributed by atoms with Gasteiger partial charge in [-0.15, -0.1) is 10.2 Å². The summed E-state index contributed by atoms with van der Waals surface area (Å²) in [5.41, 5.74) is 1.82. The monoisotopic (exact) mass is 420 g/mol. The lowest BCUT2D eigenvalue weighted by molar-refractivity contribution is -0.118. The number of nitrogens with zero attached hydrogens (tertiary/aromatic N) is 3. The van der Waals surface area contributed by atoms with E-state index in [4.69, 9.17) is 23.2 Å². The van der Waals surface area contributed by atoms with Gasteiger partial charge in [0.2, 0.25) is 5.91 Å². The van der Waals surface area contributed by atoms with E-state index in [9.17, 15) is 4.79 Å². The van der Waals surface area contributed by atoms with E-state index in [1.54, 1.807) is 12.1 Å². The second-order valence-corrected chi connectivity index (χ2v) is 7.51. The quantitative estimate of drug-likeness (QED) is 0.563. The molecule has 3 aromatic rings. The molecular formula is C19H18Cl2N4OS. The molecule has 1 aromatic heterocycles. The van der Waals surface area contributed by atoms with Crippen molar-refractivity contribution in [3.05, 3.63) is 64.1 Å². The van der Waals surface area contributed by atoms with Crippen molar-refractivity contribution in [2.45, 2.75) is 25.2 Å². The van der Waals surface area contributed by atoms with Crippen molar-refractivity contribution in [2.75, 3.05) is 5.75 Å².